The van der Waals surface area contributed by atoms with Crippen LogP contribution in [0.5, 0.6) is 0 Å². The number of nitrogens with two attached hydrogens (primary N) is 1. The predicted molar refractivity (Wildman–Crippen MR) is 262 cm³/mol. The lowest BCUT2D eigenvalue weighted by Crippen LogP contribution is -2.54. The summed E-state index contributed by atoms with van der Waals surface area (Å²) in [7, 11) is -4.03. The number of amides is 3. The molecule has 0 aliphatic carbocycles. The summed E-state index contributed by atoms with van der Waals surface area (Å²) < 4.78 is 41.4. The summed E-state index contributed by atoms with van der Waals surface area (Å²) in [5, 5.41) is 3.10. The Balaban J connectivity index is 1.26. The average Bonchev–Trinajstić information content (AvgIpc) is 3.62. The lowest BCUT2D eigenvalue weighted by atomic mass is 9.92. The van der Waals surface area contributed by atoms with Crippen LogP contribution in [-0.2, 0) is 82.2 Å². The summed E-state index contributed by atoms with van der Waals surface area (Å²) in [5.74, 6) is -2.91. The second kappa shape index (κ2) is 23.4. The molecule has 3 amide bonds. The van der Waals surface area contributed by atoms with E-state index in [0.29, 0.717) is 54.2 Å². The fourth-order valence-electron chi connectivity index (χ4n) is 8.04. The smallest absolute Gasteiger partial charge is 0.340 e. The van der Waals surface area contributed by atoms with E-state index in [2.05, 4.69) is 31.3 Å². The van der Waals surface area contributed by atoms with Crippen LogP contribution in [0.2, 0.25) is 0 Å². The molecular weight excluding hydrogens is 902 g/mol. The van der Waals surface area contributed by atoms with Crippen molar-refractivity contribution in [1.82, 2.24) is 5.32 Å². The summed E-state index contributed by atoms with van der Waals surface area (Å²) in [6, 6.07) is 19.4. The summed E-state index contributed by atoms with van der Waals surface area (Å²) >= 11 is 0. The number of esters is 2. The van der Waals surface area contributed by atoms with Crippen molar-refractivity contribution in [3.8, 4) is 0 Å². The van der Waals surface area contributed by atoms with E-state index < -0.39 is 74.0 Å². The number of ether oxygens (including phenoxy) is 3. The second-order valence-electron chi connectivity index (χ2n) is 20.4. The first-order valence-corrected chi connectivity index (χ1v) is 25.3. The van der Waals surface area contributed by atoms with Gasteiger partial charge in [0.05, 0.1) is 41.4 Å². The van der Waals surface area contributed by atoms with Gasteiger partial charge in [-0.15, -0.1) is 0 Å². The molecule has 2 heterocycles. The Labute approximate surface area is 406 Å². The van der Waals surface area contributed by atoms with Crippen molar-refractivity contribution >= 4 is 54.3 Å². The molecule has 2 aliphatic rings. The Kier molecular flexibility index (Phi) is 18.5. The number of carbonyl (C=O) groups is 6. The van der Waals surface area contributed by atoms with Crippen LogP contribution in [0.25, 0.3) is 5.57 Å². The molecular formula is C53H70N3O12P. The quantitative estimate of drug-likeness (QED) is 0.0419. The van der Waals surface area contributed by atoms with Crippen LogP contribution in [-0.4, -0.2) is 67.2 Å². The van der Waals surface area contributed by atoms with Crippen molar-refractivity contribution in [2.75, 3.05) is 18.5 Å². The van der Waals surface area contributed by atoms with E-state index in [4.69, 9.17) is 29.0 Å². The van der Waals surface area contributed by atoms with Crippen LogP contribution in [0.1, 0.15) is 134 Å². The first-order valence-electron chi connectivity index (χ1n) is 23.6. The summed E-state index contributed by atoms with van der Waals surface area (Å²) in [4.78, 5) is 80.8. The van der Waals surface area contributed by atoms with Crippen LogP contribution >= 0.6 is 7.60 Å². The van der Waals surface area contributed by atoms with Gasteiger partial charge in [0.1, 0.15) is 6.04 Å². The van der Waals surface area contributed by atoms with Crippen LogP contribution in [0.15, 0.2) is 72.8 Å². The van der Waals surface area contributed by atoms with E-state index >= 15 is 0 Å². The normalized spacial score (nSPS) is 17.2. The number of carbonyl (C=O) groups excluding carboxylic acids is 6. The van der Waals surface area contributed by atoms with Gasteiger partial charge >= 0.3 is 19.5 Å². The fraction of sp³-hybridized carbons (Fsp3) is 0.509. The summed E-state index contributed by atoms with van der Waals surface area (Å²) in [6.45, 7) is 16.9. The van der Waals surface area contributed by atoms with Gasteiger partial charge < -0.3 is 25.3 Å². The number of nitrogens with one attached hydrogen (secondary N) is 1. The Morgan fingerprint density at radius 3 is 1.99 bits per heavy atom. The van der Waals surface area contributed by atoms with Gasteiger partial charge in [-0.3, -0.25) is 47.3 Å². The third-order valence-corrected chi connectivity index (χ3v) is 14.0. The number of primary amides is 1. The van der Waals surface area contributed by atoms with Crippen molar-refractivity contribution in [1.29, 1.82) is 0 Å². The van der Waals surface area contributed by atoms with Crippen LogP contribution < -0.4 is 16.0 Å². The third kappa shape index (κ3) is 15.3. The molecule has 0 radical (unpaired) electrons. The van der Waals surface area contributed by atoms with E-state index in [0.717, 1.165) is 16.7 Å². The number of aryl methyl sites for hydroxylation is 1. The van der Waals surface area contributed by atoms with Crippen molar-refractivity contribution in [3.63, 3.8) is 0 Å². The minimum absolute atomic E-state index is 0.0303. The lowest BCUT2D eigenvalue weighted by Gasteiger charge is -2.31. The summed E-state index contributed by atoms with van der Waals surface area (Å²) in [6.07, 6.45) is 2.20. The molecule has 374 valence electrons. The largest absolute Gasteiger partial charge is 0.438 e. The van der Waals surface area contributed by atoms with Crippen molar-refractivity contribution in [3.05, 3.63) is 106 Å². The molecule has 0 saturated heterocycles. The van der Waals surface area contributed by atoms with Gasteiger partial charge in [0, 0.05) is 25.2 Å². The van der Waals surface area contributed by atoms with Gasteiger partial charge in [0.15, 0.2) is 5.78 Å². The lowest BCUT2D eigenvalue weighted by molar-refractivity contribution is -0.162. The van der Waals surface area contributed by atoms with Gasteiger partial charge in [-0.2, -0.15) is 0 Å². The zero-order valence-corrected chi connectivity index (χ0v) is 42.7. The average molecular weight is 972 g/mol. The molecule has 5 rings (SSSR count). The van der Waals surface area contributed by atoms with Crippen molar-refractivity contribution in [2.45, 2.75) is 145 Å². The predicted octanol–water partition coefficient (Wildman–Crippen LogP) is 8.87. The van der Waals surface area contributed by atoms with E-state index in [1.807, 2.05) is 37.3 Å². The highest BCUT2D eigenvalue weighted by Crippen LogP contribution is 2.51. The first-order chi connectivity index (χ1) is 32.3. The molecule has 0 unspecified atom stereocenters. The van der Waals surface area contributed by atoms with Gasteiger partial charge in [-0.05, 0) is 126 Å². The molecule has 2 aliphatic heterocycles. The molecule has 0 fully saturated rings. The zero-order chi connectivity index (χ0) is 50.8. The maximum atomic E-state index is 14.6. The Hall–Kier alpha value is -5.47. The number of hydrogen-bond donors (Lipinski definition) is 2. The Morgan fingerprint density at radius 1 is 0.841 bits per heavy atom. The van der Waals surface area contributed by atoms with Gasteiger partial charge in [-0.25, -0.2) is 0 Å². The molecule has 3 N–H and O–H groups in total. The topological polar surface area (TPSA) is 207 Å². The number of nitrogens with zero attached hydrogens (tertiary/aromatic N) is 1. The highest BCUT2D eigenvalue weighted by Gasteiger charge is 2.44. The Morgan fingerprint density at radius 2 is 1.42 bits per heavy atom. The van der Waals surface area contributed by atoms with E-state index in [9.17, 15) is 33.3 Å². The zero-order valence-electron chi connectivity index (χ0n) is 41.8. The number of anilines is 1. The molecule has 0 aromatic heterocycles. The molecule has 16 heteroatoms. The minimum Gasteiger partial charge on any atom is -0.438 e. The molecule has 4 atom stereocenters. The number of para-hydroxylation sites is 1. The Bertz CT molecular complexity index is 2380. The van der Waals surface area contributed by atoms with Gasteiger partial charge in [0.25, 0.3) is 0 Å². The van der Waals surface area contributed by atoms with Gasteiger partial charge in [0.2, 0.25) is 31.3 Å². The number of allylic oxidation sites excluding steroid dienone is 2. The third-order valence-electron chi connectivity index (χ3n) is 12.3. The van der Waals surface area contributed by atoms with E-state index in [1.165, 1.54) is 11.6 Å². The minimum atomic E-state index is -4.03. The molecule has 3 aromatic carbocycles. The second-order valence-corrected chi connectivity index (χ2v) is 22.5. The standard InChI is InChI=1S/C53H70N3O12P/c1-33(2)38-18-14-36(15-19-38)29-64-35(4)44(24-25-46(54)58)55-48(59)45-28-41-13-11-12-40-22-23-42(49(60)56(45)47(40)41)27-43(57)26-34(3)39-20-16-37(17-21-39)30-69(63,67-31-65-50(61)52(5,6)7)68-32-66-51(62)53(8,9)10/h11-21,26,33,35,42,44-45H,22-25,27-32H2,1-10H3,(H2,54,58)(H,55,59)/b34-26+/t35-,42-,44+,45+/m1/s1. The van der Waals surface area contributed by atoms with Crippen LogP contribution in [0.3, 0.4) is 0 Å². The molecule has 0 bridgehead atoms. The molecule has 0 spiro atoms. The maximum absolute atomic E-state index is 14.6. The molecule has 15 nitrogen and oxygen atoms in total. The maximum Gasteiger partial charge on any atom is 0.340 e. The molecule has 3 aromatic rings. The van der Waals surface area contributed by atoms with Crippen molar-refractivity contribution < 1.29 is 56.6 Å². The fourth-order valence-corrected chi connectivity index (χ4v) is 9.38. The highest BCUT2D eigenvalue weighted by atomic mass is 31.2. The monoisotopic (exact) mass is 971 g/mol. The number of ketones is 1. The van der Waals surface area contributed by atoms with Gasteiger partial charge in [-0.1, -0.05) is 80.6 Å². The molecule has 0 saturated carbocycles. The van der Waals surface area contributed by atoms with E-state index in [1.54, 1.807) is 77.6 Å². The van der Waals surface area contributed by atoms with Crippen LogP contribution in [0.4, 0.5) is 5.69 Å². The van der Waals surface area contributed by atoms with Crippen LogP contribution in [0, 0.1) is 16.7 Å². The SMILES string of the molecule is C/C(=C\C(=O)C[C@H]1CCc2cccc3c2N(C1=O)[C@H](C(=O)N[C@@H](CCC(N)=O)[C@@H](C)OCc1ccc(C(C)C)cc1)C3)c1ccc(CP(=O)(OCOC(=O)C(C)(C)C)OCOC(=O)C(C)(C)C)cc1. The van der Waals surface area contributed by atoms with E-state index in [-0.39, 0.29) is 43.0 Å². The number of hydrogen-bond acceptors (Lipinski definition) is 12. The molecule has 69 heavy (non-hydrogen) atoms. The summed E-state index contributed by atoms with van der Waals surface area (Å²) in [5.41, 5.74) is 10.4. The van der Waals surface area contributed by atoms with Crippen molar-refractivity contribution in [2.24, 2.45) is 22.5 Å². The number of benzene rings is 3. The highest BCUT2D eigenvalue weighted by molar-refractivity contribution is 7.53. The first kappa shape index (κ1) is 54.5. The number of rotatable bonds is 22.